The molecule has 0 aromatic rings. The Bertz CT molecular complexity index is 247. The van der Waals surface area contributed by atoms with Crippen LogP contribution < -0.4 is 11.5 Å². The molecule has 0 bridgehead atoms. The van der Waals surface area contributed by atoms with Gasteiger partial charge in [-0.15, -0.1) is 12.4 Å². The Hall–Kier alpha value is -0.810. The molecular weight excluding hydrogens is 242 g/mol. The molecule has 0 fully saturated rings. The zero-order valence-electron chi connectivity index (χ0n) is 10.8. The van der Waals surface area contributed by atoms with E-state index in [1.54, 1.807) is 13.8 Å². The first-order valence-corrected chi connectivity index (χ1v) is 5.72. The Morgan fingerprint density at radius 1 is 1.29 bits per heavy atom. The molecule has 2 atom stereocenters. The van der Waals surface area contributed by atoms with Gasteiger partial charge in [-0.05, 0) is 13.3 Å². The van der Waals surface area contributed by atoms with Gasteiger partial charge in [-0.25, -0.2) is 0 Å². The van der Waals surface area contributed by atoms with Crippen molar-refractivity contribution >= 4 is 24.2 Å². The topological polar surface area (TPSA) is 89.4 Å². The molecule has 0 saturated carbocycles. The van der Waals surface area contributed by atoms with Crippen LogP contribution in [0, 0.1) is 5.92 Å². The van der Waals surface area contributed by atoms with E-state index in [1.807, 2.05) is 6.92 Å². The number of hydrogen-bond donors (Lipinski definition) is 2. The number of halogens is 1. The zero-order chi connectivity index (χ0) is 12.7. The van der Waals surface area contributed by atoms with Gasteiger partial charge < -0.3 is 16.4 Å². The second kappa shape index (κ2) is 9.24. The highest BCUT2D eigenvalue weighted by Gasteiger charge is 2.23. The highest BCUT2D eigenvalue weighted by atomic mass is 35.5. The van der Waals surface area contributed by atoms with Crippen molar-refractivity contribution in [2.24, 2.45) is 17.4 Å². The SMILES string of the molecule is CCCCN(CC(N)=O)C(=O)C(C)C(C)N.Cl. The first-order valence-electron chi connectivity index (χ1n) is 5.72. The molecule has 0 aliphatic rings. The van der Waals surface area contributed by atoms with E-state index in [4.69, 9.17) is 11.5 Å². The molecule has 2 unspecified atom stereocenters. The summed E-state index contributed by atoms with van der Waals surface area (Å²) in [5.74, 6) is -0.861. The molecule has 0 spiro atoms. The molecule has 4 N–H and O–H groups in total. The number of nitrogens with zero attached hydrogens (tertiary/aromatic N) is 1. The third-order valence-electron chi connectivity index (χ3n) is 2.62. The predicted octanol–water partition coefficient (Wildman–Crippen LogP) is 0.506. The molecule has 0 aromatic carbocycles. The molecule has 0 aliphatic carbocycles. The van der Waals surface area contributed by atoms with E-state index in [1.165, 1.54) is 4.90 Å². The molecule has 0 aliphatic heterocycles. The smallest absolute Gasteiger partial charge is 0.237 e. The highest BCUT2D eigenvalue weighted by molar-refractivity contribution is 5.85. The van der Waals surface area contributed by atoms with Gasteiger partial charge in [0.1, 0.15) is 0 Å². The van der Waals surface area contributed by atoms with Crippen molar-refractivity contribution < 1.29 is 9.59 Å². The molecule has 0 rings (SSSR count). The summed E-state index contributed by atoms with van der Waals surface area (Å²) in [7, 11) is 0. The molecule has 5 nitrogen and oxygen atoms in total. The van der Waals surface area contributed by atoms with Crippen LogP contribution in [0.5, 0.6) is 0 Å². The summed E-state index contributed by atoms with van der Waals surface area (Å²) in [5.41, 5.74) is 10.8. The first-order chi connectivity index (χ1) is 7.40. The Morgan fingerprint density at radius 2 is 1.82 bits per heavy atom. The first kappa shape index (κ1) is 18.6. The minimum atomic E-state index is -0.485. The van der Waals surface area contributed by atoms with Crippen molar-refractivity contribution in [1.29, 1.82) is 0 Å². The number of carbonyl (C=O) groups is 2. The molecule has 0 saturated heterocycles. The number of nitrogens with two attached hydrogens (primary N) is 2. The zero-order valence-corrected chi connectivity index (χ0v) is 11.6. The van der Waals surface area contributed by atoms with Crippen LogP contribution >= 0.6 is 12.4 Å². The molecule has 6 heteroatoms. The van der Waals surface area contributed by atoms with Crippen LogP contribution in [0.15, 0.2) is 0 Å². The van der Waals surface area contributed by atoms with E-state index in [0.29, 0.717) is 6.54 Å². The van der Waals surface area contributed by atoms with Crippen LogP contribution in [0.4, 0.5) is 0 Å². The Kier molecular flexibility index (Phi) is 10.1. The van der Waals surface area contributed by atoms with Gasteiger partial charge in [0.2, 0.25) is 11.8 Å². The second-order valence-electron chi connectivity index (χ2n) is 4.23. The van der Waals surface area contributed by atoms with E-state index < -0.39 is 5.91 Å². The van der Waals surface area contributed by atoms with Crippen molar-refractivity contribution in [3.63, 3.8) is 0 Å². The maximum absolute atomic E-state index is 12.0. The number of primary amides is 1. The van der Waals surface area contributed by atoms with E-state index in [2.05, 4.69) is 0 Å². The molecule has 102 valence electrons. The van der Waals surface area contributed by atoms with Gasteiger partial charge >= 0.3 is 0 Å². The lowest BCUT2D eigenvalue weighted by molar-refractivity contribution is -0.138. The Morgan fingerprint density at radius 3 is 2.18 bits per heavy atom. The van der Waals surface area contributed by atoms with E-state index in [0.717, 1.165) is 12.8 Å². The van der Waals surface area contributed by atoms with Crippen molar-refractivity contribution in [3.8, 4) is 0 Å². The van der Waals surface area contributed by atoms with Gasteiger partial charge in [-0.2, -0.15) is 0 Å². The average Bonchev–Trinajstić information content (AvgIpc) is 2.21. The van der Waals surface area contributed by atoms with Crippen molar-refractivity contribution in [2.45, 2.75) is 39.7 Å². The van der Waals surface area contributed by atoms with Crippen LogP contribution in [0.25, 0.3) is 0 Å². The fourth-order valence-corrected chi connectivity index (χ4v) is 1.32. The maximum atomic E-state index is 12.0. The van der Waals surface area contributed by atoms with Gasteiger partial charge in [0.25, 0.3) is 0 Å². The summed E-state index contributed by atoms with van der Waals surface area (Å²) in [4.78, 5) is 24.3. The number of hydrogen-bond acceptors (Lipinski definition) is 3. The summed E-state index contributed by atoms with van der Waals surface area (Å²) in [6.07, 6.45) is 1.83. The largest absolute Gasteiger partial charge is 0.368 e. The maximum Gasteiger partial charge on any atom is 0.237 e. The van der Waals surface area contributed by atoms with Crippen LogP contribution in [0.2, 0.25) is 0 Å². The summed E-state index contributed by atoms with van der Waals surface area (Å²) in [6.45, 7) is 6.13. The minimum Gasteiger partial charge on any atom is -0.368 e. The van der Waals surface area contributed by atoms with E-state index in [9.17, 15) is 9.59 Å². The number of amides is 2. The quantitative estimate of drug-likeness (QED) is 0.703. The number of unbranched alkanes of at least 4 members (excludes halogenated alkanes) is 1. The number of rotatable bonds is 7. The van der Waals surface area contributed by atoms with E-state index >= 15 is 0 Å². The Balaban J connectivity index is 0. The van der Waals surface area contributed by atoms with Gasteiger partial charge in [0.05, 0.1) is 12.5 Å². The summed E-state index contributed by atoms with van der Waals surface area (Å²) < 4.78 is 0. The fraction of sp³-hybridized carbons (Fsp3) is 0.818. The van der Waals surface area contributed by atoms with Gasteiger partial charge in [-0.1, -0.05) is 20.3 Å². The lowest BCUT2D eigenvalue weighted by Gasteiger charge is -2.26. The molecule has 0 heterocycles. The molecule has 17 heavy (non-hydrogen) atoms. The highest BCUT2D eigenvalue weighted by Crippen LogP contribution is 2.07. The van der Waals surface area contributed by atoms with Crippen molar-refractivity contribution in [3.05, 3.63) is 0 Å². The standard InChI is InChI=1S/C11H23N3O2.ClH/c1-4-5-6-14(7-10(13)15)11(16)8(2)9(3)12;/h8-9H,4-7,12H2,1-3H3,(H2,13,15);1H. The van der Waals surface area contributed by atoms with Gasteiger partial charge in [0, 0.05) is 12.6 Å². The van der Waals surface area contributed by atoms with Crippen molar-refractivity contribution in [2.75, 3.05) is 13.1 Å². The second-order valence-corrected chi connectivity index (χ2v) is 4.23. The van der Waals surface area contributed by atoms with Crippen LogP contribution in [-0.2, 0) is 9.59 Å². The molecule has 0 radical (unpaired) electrons. The van der Waals surface area contributed by atoms with Crippen LogP contribution in [-0.4, -0.2) is 35.8 Å². The molecule has 2 amide bonds. The normalized spacial score (nSPS) is 13.4. The molecular formula is C11H24ClN3O2. The fourth-order valence-electron chi connectivity index (χ4n) is 1.32. The third kappa shape index (κ3) is 7.18. The average molecular weight is 266 g/mol. The predicted molar refractivity (Wildman–Crippen MR) is 70.7 cm³/mol. The summed E-state index contributed by atoms with van der Waals surface area (Å²) in [5, 5.41) is 0. The molecule has 0 aromatic heterocycles. The van der Waals surface area contributed by atoms with Crippen molar-refractivity contribution in [1.82, 2.24) is 4.90 Å². The van der Waals surface area contributed by atoms with Crippen LogP contribution in [0.3, 0.4) is 0 Å². The monoisotopic (exact) mass is 265 g/mol. The Labute approximate surface area is 109 Å². The lowest BCUT2D eigenvalue weighted by atomic mass is 10.0. The number of carbonyl (C=O) groups excluding carboxylic acids is 2. The third-order valence-corrected chi connectivity index (χ3v) is 2.62. The lowest BCUT2D eigenvalue weighted by Crippen LogP contribution is -2.45. The van der Waals surface area contributed by atoms with Gasteiger partial charge in [0.15, 0.2) is 0 Å². The van der Waals surface area contributed by atoms with Crippen LogP contribution in [0.1, 0.15) is 33.6 Å². The summed E-state index contributed by atoms with van der Waals surface area (Å²) >= 11 is 0. The summed E-state index contributed by atoms with van der Waals surface area (Å²) in [6, 6.07) is -0.218. The minimum absolute atomic E-state index is 0. The van der Waals surface area contributed by atoms with E-state index in [-0.39, 0.29) is 36.8 Å². The van der Waals surface area contributed by atoms with Gasteiger partial charge in [-0.3, -0.25) is 9.59 Å².